The van der Waals surface area contributed by atoms with Crippen LogP contribution < -0.4 is 0 Å². The molecule has 2 aliphatic heterocycles. The molecule has 2 aromatic carbocycles. The predicted octanol–water partition coefficient (Wildman–Crippen LogP) is 3.46. The number of ether oxygens (including phenoxy) is 1. The van der Waals surface area contributed by atoms with Crippen LogP contribution in [0.1, 0.15) is 30.2 Å². The van der Waals surface area contributed by atoms with Gasteiger partial charge in [0, 0.05) is 33.2 Å². The average Bonchev–Trinajstić information content (AvgIpc) is 3.29. The monoisotopic (exact) mass is 349 g/mol. The fraction of sp³-hybridized carbons (Fsp3) is 0.429. The van der Waals surface area contributed by atoms with E-state index in [1.54, 1.807) is 0 Å². The summed E-state index contributed by atoms with van der Waals surface area (Å²) in [5.74, 6) is 1.38. The normalized spacial score (nSPS) is 26.3. The van der Waals surface area contributed by atoms with Crippen molar-refractivity contribution in [2.75, 3.05) is 19.7 Å². The minimum atomic E-state index is -0.163. The molecule has 0 unspecified atom stereocenters. The van der Waals surface area contributed by atoms with Gasteiger partial charge < -0.3 is 9.15 Å². The number of hydrogen-bond acceptors (Lipinski definition) is 5. The van der Waals surface area contributed by atoms with Gasteiger partial charge in [0.25, 0.3) is 0 Å². The Morgan fingerprint density at radius 2 is 2.04 bits per heavy atom. The van der Waals surface area contributed by atoms with Gasteiger partial charge in [0.05, 0.1) is 11.5 Å². The van der Waals surface area contributed by atoms with Crippen LogP contribution in [0.3, 0.4) is 0 Å². The molecule has 134 valence electrons. The quantitative estimate of drug-likeness (QED) is 0.725. The first-order valence-corrected chi connectivity index (χ1v) is 9.36. The smallest absolute Gasteiger partial charge is 0.226 e. The first kappa shape index (κ1) is 16.0. The summed E-state index contributed by atoms with van der Waals surface area (Å²) in [6.07, 6.45) is 2.14. The second-order valence-corrected chi connectivity index (χ2v) is 7.53. The van der Waals surface area contributed by atoms with Gasteiger partial charge in [-0.25, -0.2) is 0 Å². The van der Waals surface area contributed by atoms with Crippen molar-refractivity contribution in [1.82, 2.24) is 15.1 Å². The van der Waals surface area contributed by atoms with Gasteiger partial charge in [-0.2, -0.15) is 0 Å². The lowest BCUT2D eigenvalue weighted by Crippen LogP contribution is -2.52. The molecule has 2 saturated heterocycles. The number of fused-ring (bicyclic) bond motifs is 2. The van der Waals surface area contributed by atoms with Gasteiger partial charge in [-0.05, 0) is 29.2 Å². The zero-order chi connectivity index (χ0) is 17.6. The molecule has 2 atom stereocenters. The third-order valence-electron chi connectivity index (χ3n) is 5.92. The summed E-state index contributed by atoms with van der Waals surface area (Å²) >= 11 is 0. The lowest BCUT2D eigenvalue weighted by molar-refractivity contribution is 0.00594. The Kier molecular flexibility index (Phi) is 3.80. The summed E-state index contributed by atoms with van der Waals surface area (Å²) in [5, 5.41) is 11.1. The maximum absolute atomic E-state index is 6.04. The van der Waals surface area contributed by atoms with Gasteiger partial charge in [-0.15, -0.1) is 10.2 Å². The highest BCUT2D eigenvalue weighted by Gasteiger charge is 2.52. The Hall–Kier alpha value is -2.24. The highest BCUT2D eigenvalue weighted by atomic mass is 16.5. The van der Waals surface area contributed by atoms with E-state index in [0.29, 0.717) is 5.89 Å². The molecule has 5 nitrogen and oxygen atoms in total. The van der Waals surface area contributed by atoms with Crippen molar-refractivity contribution in [3.05, 3.63) is 59.8 Å². The van der Waals surface area contributed by atoms with Crippen LogP contribution in [0.2, 0.25) is 0 Å². The maximum atomic E-state index is 6.04. The molecule has 0 aliphatic carbocycles. The second-order valence-electron chi connectivity index (χ2n) is 7.53. The largest absolute Gasteiger partial charge is 0.425 e. The topological polar surface area (TPSA) is 51.4 Å². The number of rotatable bonds is 3. The van der Waals surface area contributed by atoms with E-state index in [0.717, 1.165) is 45.0 Å². The highest BCUT2D eigenvalue weighted by molar-refractivity contribution is 5.85. The molecule has 2 fully saturated rings. The third-order valence-corrected chi connectivity index (χ3v) is 5.92. The number of benzene rings is 2. The van der Waals surface area contributed by atoms with E-state index in [9.17, 15) is 0 Å². The van der Waals surface area contributed by atoms with Crippen molar-refractivity contribution in [1.29, 1.82) is 0 Å². The van der Waals surface area contributed by atoms with Crippen LogP contribution in [-0.4, -0.2) is 40.9 Å². The van der Waals surface area contributed by atoms with Crippen LogP contribution in [0.5, 0.6) is 0 Å². The van der Waals surface area contributed by atoms with E-state index in [1.165, 1.54) is 16.3 Å². The first-order valence-electron chi connectivity index (χ1n) is 9.36. The molecule has 2 aliphatic rings. The zero-order valence-corrected chi connectivity index (χ0v) is 15.0. The summed E-state index contributed by atoms with van der Waals surface area (Å²) < 4.78 is 11.9. The van der Waals surface area contributed by atoms with E-state index in [2.05, 4.69) is 57.6 Å². The maximum Gasteiger partial charge on any atom is 0.226 e. The zero-order valence-electron chi connectivity index (χ0n) is 15.0. The predicted molar refractivity (Wildman–Crippen MR) is 98.9 cm³/mol. The minimum Gasteiger partial charge on any atom is -0.425 e. The molecule has 5 rings (SSSR count). The summed E-state index contributed by atoms with van der Waals surface area (Å²) in [7, 11) is 0. The van der Waals surface area contributed by atoms with Crippen LogP contribution in [0.15, 0.2) is 46.9 Å². The number of aromatic nitrogens is 2. The van der Waals surface area contributed by atoms with Crippen LogP contribution in [0.4, 0.5) is 0 Å². The van der Waals surface area contributed by atoms with Crippen molar-refractivity contribution in [3.8, 4) is 0 Å². The van der Waals surface area contributed by atoms with Crippen LogP contribution >= 0.6 is 0 Å². The molecule has 5 heteroatoms. The van der Waals surface area contributed by atoms with Crippen molar-refractivity contribution < 1.29 is 9.15 Å². The van der Waals surface area contributed by atoms with E-state index in [4.69, 9.17) is 9.15 Å². The fourth-order valence-electron chi connectivity index (χ4n) is 4.64. The van der Waals surface area contributed by atoms with Crippen LogP contribution in [-0.2, 0) is 16.7 Å². The first-order chi connectivity index (χ1) is 12.7. The number of piperidine rings is 1. The van der Waals surface area contributed by atoms with Crippen molar-refractivity contribution in [2.24, 2.45) is 0 Å². The molecule has 1 aromatic heterocycles. The molecule has 3 heterocycles. The van der Waals surface area contributed by atoms with Gasteiger partial charge in [-0.3, -0.25) is 4.90 Å². The molecule has 0 N–H and O–H groups in total. The third kappa shape index (κ3) is 2.54. The Balaban J connectivity index is 1.46. The summed E-state index contributed by atoms with van der Waals surface area (Å²) in [6.45, 7) is 5.50. The molecule has 3 aromatic rings. The minimum absolute atomic E-state index is 0.163. The summed E-state index contributed by atoms with van der Waals surface area (Å²) in [4.78, 5) is 2.52. The van der Waals surface area contributed by atoms with Crippen molar-refractivity contribution in [3.63, 3.8) is 0 Å². The molecular weight excluding hydrogens is 326 g/mol. The Bertz CT molecular complexity index is 932. The van der Waals surface area contributed by atoms with Gasteiger partial charge in [0.2, 0.25) is 11.8 Å². The lowest BCUT2D eigenvalue weighted by atomic mass is 9.76. The van der Waals surface area contributed by atoms with Crippen molar-refractivity contribution in [2.45, 2.75) is 37.8 Å². The SMILES string of the molecule is Cc1nnc([C@]23CCO[C@H]2CCN(Cc2cccc4ccccc24)C3)o1. The summed E-state index contributed by atoms with van der Waals surface area (Å²) in [6, 6.07) is 15.2. The molecule has 0 saturated carbocycles. The average molecular weight is 349 g/mol. The molecular formula is C21H23N3O2. The summed E-state index contributed by atoms with van der Waals surface area (Å²) in [5.41, 5.74) is 1.21. The number of hydrogen-bond donors (Lipinski definition) is 0. The van der Waals surface area contributed by atoms with E-state index >= 15 is 0 Å². The number of aryl methyl sites for hydroxylation is 1. The van der Waals surface area contributed by atoms with Gasteiger partial charge >= 0.3 is 0 Å². The Labute approximate surface area is 153 Å². The number of likely N-dealkylation sites (tertiary alicyclic amines) is 1. The van der Waals surface area contributed by atoms with Crippen LogP contribution in [0, 0.1) is 6.92 Å². The van der Waals surface area contributed by atoms with E-state index in [1.807, 2.05) is 6.92 Å². The molecule has 0 radical (unpaired) electrons. The van der Waals surface area contributed by atoms with Crippen molar-refractivity contribution >= 4 is 10.8 Å². The molecule has 0 spiro atoms. The Morgan fingerprint density at radius 3 is 2.92 bits per heavy atom. The molecule has 0 amide bonds. The highest BCUT2D eigenvalue weighted by Crippen LogP contribution is 2.43. The van der Waals surface area contributed by atoms with Gasteiger partial charge in [0.15, 0.2) is 0 Å². The van der Waals surface area contributed by atoms with Crippen LogP contribution in [0.25, 0.3) is 10.8 Å². The van der Waals surface area contributed by atoms with E-state index in [-0.39, 0.29) is 11.5 Å². The number of nitrogens with zero attached hydrogens (tertiary/aromatic N) is 3. The van der Waals surface area contributed by atoms with Gasteiger partial charge in [0.1, 0.15) is 0 Å². The molecule has 26 heavy (non-hydrogen) atoms. The fourth-order valence-corrected chi connectivity index (χ4v) is 4.64. The Morgan fingerprint density at radius 1 is 1.15 bits per heavy atom. The lowest BCUT2D eigenvalue weighted by Gasteiger charge is -2.41. The van der Waals surface area contributed by atoms with E-state index < -0.39 is 0 Å². The second kappa shape index (κ2) is 6.18. The van der Waals surface area contributed by atoms with Gasteiger partial charge in [-0.1, -0.05) is 42.5 Å². The standard InChI is InChI=1S/C21H23N3O2/c1-15-22-23-20(26-15)21-10-12-25-19(21)9-11-24(14-21)13-17-7-4-6-16-5-2-3-8-18(16)17/h2-8,19H,9-14H2,1H3/t19-,21-/m0/s1. The molecule has 0 bridgehead atoms.